The van der Waals surface area contributed by atoms with E-state index in [4.69, 9.17) is 11.6 Å². The number of halogens is 1. The molecule has 1 aromatic carbocycles. The number of nitrogens with one attached hydrogen (secondary N) is 1. The Bertz CT molecular complexity index is 589. The van der Waals surface area contributed by atoms with Gasteiger partial charge in [-0.25, -0.2) is 0 Å². The molecule has 0 radical (unpaired) electrons. The molecule has 1 aliphatic rings. The van der Waals surface area contributed by atoms with Crippen molar-refractivity contribution in [3.8, 4) is 0 Å². The molecule has 1 unspecified atom stereocenters. The van der Waals surface area contributed by atoms with Crippen molar-refractivity contribution in [3.63, 3.8) is 0 Å². The summed E-state index contributed by atoms with van der Waals surface area (Å²) >= 11 is 8.96. The Morgan fingerprint density at radius 2 is 2.30 bits per heavy atom. The lowest BCUT2D eigenvalue weighted by Crippen LogP contribution is -2.00. The predicted octanol–water partition coefficient (Wildman–Crippen LogP) is 3.59. The lowest BCUT2D eigenvalue weighted by molar-refractivity contribution is 0.204. The van der Waals surface area contributed by atoms with Gasteiger partial charge in [-0.1, -0.05) is 46.8 Å². The monoisotopic (exact) mass is 327 g/mol. The summed E-state index contributed by atoms with van der Waals surface area (Å²) in [4.78, 5) is 0. The number of nitrogens with zero attached hydrogens (tertiary/aromatic N) is 2. The second kappa shape index (κ2) is 6.30. The van der Waals surface area contributed by atoms with Crippen LogP contribution in [0, 0.1) is 0 Å². The number of hydrogen-bond acceptors (Lipinski definition) is 6. The molecule has 1 saturated carbocycles. The Balaban J connectivity index is 1.54. The Morgan fingerprint density at radius 1 is 1.45 bits per heavy atom. The Kier molecular flexibility index (Phi) is 4.45. The summed E-state index contributed by atoms with van der Waals surface area (Å²) in [5, 5.41) is 23.2. The molecule has 2 N–H and O–H groups in total. The van der Waals surface area contributed by atoms with Crippen molar-refractivity contribution < 1.29 is 5.11 Å². The van der Waals surface area contributed by atoms with E-state index >= 15 is 0 Å². The largest absolute Gasteiger partial charge is 0.388 e. The molecule has 0 bridgehead atoms. The normalized spacial score (nSPS) is 16.1. The zero-order chi connectivity index (χ0) is 13.9. The molecular weight excluding hydrogens is 314 g/mol. The van der Waals surface area contributed by atoms with E-state index in [-0.39, 0.29) is 0 Å². The van der Waals surface area contributed by atoms with Gasteiger partial charge in [0.2, 0.25) is 5.13 Å². The fourth-order valence-electron chi connectivity index (χ4n) is 1.69. The van der Waals surface area contributed by atoms with Crippen LogP contribution in [0.15, 0.2) is 28.6 Å². The highest BCUT2D eigenvalue weighted by molar-refractivity contribution is 8.01. The number of aromatic nitrogens is 2. The lowest BCUT2D eigenvalue weighted by atomic mass is 10.1. The predicted molar refractivity (Wildman–Crippen MR) is 83.7 cm³/mol. The van der Waals surface area contributed by atoms with Gasteiger partial charge in [0.1, 0.15) is 0 Å². The second-order valence-electron chi connectivity index (χ2n) is 4.67. The maximum absolute atomic E-state index is 10.1. The van der Waals surface area contributed by atoms with Crippen molar-refractivity contribution in [3.05, 3.63) is 34.9 Å². The molecule has 0 amide bonds. The summed E-state index contributed by atoms with van der Waals surface area (Å²) in [7, 11) is 0. The lowest BCUT2D eigenvalue weighted by Gasteiger charge is -2.09. The second-order valence-corrected chi connectivity index (χ2v) is 7.35. The van der Waals surface area contributed by atoms with Crippen LogP contribution in [0.1, 0.15) is 24.5 Å². The molecule has 106 valence electrons. The number of benzene rings is 1. The minimum Gasteiger partial charge on any atom is -0.388 e. The Hall–Kier alpha value is -0.820. The zero-order valence-corrected chi connectivity index (χ0v) is 13.0. The SMILES string of the molecule is OC(CSc1nnc(NC2CC2)s1)c1cccc(Cl)c1. The van der Waals surface area contributed by atoms with E-state index in [0.717, 1.165) is 15.0 Å². The van der Waals surface area contributed by atoms with Gasteiger partial charge in [-0.15, -0.1) is 10.2 Å². The molecule has 1 aliphatic carbocycles. The van der Waals surface area contributed by atoms with E-state index in [1.807, 2.05) is 12.1 Å². The highest BCUT2D eigenvalue weighted by Crippen LogP contribution is 2.32. The van der Waals surface area contributed by atoms with Crippen LogP contribution >= 0.6 is 34.7 Å². The molecule has 1 aromatic heterocycles. The first-order valence-electron chi connectivity index (χ1n) is 6.37. The molecule has 1 atom stereocenters. The molecule has 0 spiro atoms. The standard InChI is InChI=1S/C13H14ClN3OS2/c14-9-3-1-2-8(6-9)11(18)7-19-13-17-16-12(20-13)15-10-4-5-10/h1-3,6,10-11,18H,4-5,7H2,(H,15,16). The van der Waals surface area contributed by atoms with Crippen LogP contribution in [0.2, 0.25) is 5.02 Å². The highest BCUT2D eigenvalue weighted by atomic mass is 35.5. The van der Waals surface area contributed by atoms with Crippen LogP contribution < -0.4 is 5.32 Å². The van der Waals surface area contributed by atoms with Crippen molar-refractivity contribution in [2.24, 2.45) is 0 Å². The smallest absolute Gasteiger partial charge is 0.206 e. The van der Waals surface area contributed by atoms with E-state index < -0.39 is 6.10 Å². The molecule has 1 heterocycles. The summed E-state index contributed by atoms with van der Waals surface area (Å²) < 4.78 is 0.870. The van der Waals surface area contributed by atoms with Gasteiger partial charge < -0.3 is 10.4 Å². The Labute approximate surface area is 130 Å². The molecule has 4 nitrogen and oxygen atoms in total. The molecule has 1 fully saturated rings. The molecule has 7 heteroatoms. The molecular formula is C13H14ClN3OS2. The van der Waals surface area contributed by atoms with E-state index in [1.54, 1.807) is 12.1 Å². The number of rotatable bonds is 6. The number of thioether (sulfide) groups is 1. The van der Waals surface area contributed by atoms with Crippen molar-refractivity contribution in [1.29, 1.82) is 0 Å². The van der Waals surface area contributed by atoms with Gasteiger partial charge in [0, 0.05) is 16.8 Å². The fourth-order valence-corrected chi connectivity index (χ4v) is 3.71. The van der Waals surface area contributed by atoms with Crippen molar-refractivity contribution in [1.82, 2.24) is 10.2 Å². The molecule has 2 aromatic rings. The molecule has 0 aliphatic heterocycles. The minimum absolute atomic E-state index is 0.540. The van der Waals surface area contributed by atoms with E-state index in [0.29, 0.717) is 16.8 Å². The average molecular weight is 328 g/mol. The van der Waals surface area contributed by atoms with E-state index in [1.165, 1.54) is 35.9 Å². The van der Waals surface area contributed by atoms with Gasteiger partial charge in [-0.2, -0.15) is 0 Å². The first-order valence-corrected chi connectivity index (χ1v) is 8.55. The first kappa shape index (κ1) is 14.1. The van der Waals surface area contributed by atoms with Crippen molar-refractivity contribution in [2.45, 2.75) is 29.3 Å². The third-order valence-electron chi connectivity index (χ3n) is 2.91. The highest BCUT2D eigenvalue weighted by Gasteiger charge is 2.22. The third-order valence-corrected chi connectivity index (χ3v) is 5.21. The summed E-state index contributed by atoms with van der Waals surface area (Å²) in [5.41, 5.74) is 0.825. The van der Waals surface area contributed by atoms with Crippen LogP contribution in [-0.2, 0) is 0 Å². The molecule has 0 saturated heterocycles. The summed E-state index contributed by atoms with van der Waals surface area (Å²) in [5.74, 6) is 0.540. The molecule has 3 rings (SSSR count). The quantitative estimate of drug-likeness (QED) is 0.794. The number of aliphatic hydroxyl groups excluding tert-OH is 1. The van der Waals surface area contributed by atoms with Gasteiger partial charge in [0.05, 0.1) is 6.10 Å². The van der Waals surface area contributed by atoms with Crippen molar-refractivity contribution >= 4 is 39.8 Å². The Morgan fingerprint density at radius 3 is 3.05 bits per heavy atom. The summed E-state index contributed by atoms with van der Waals surface area (Å²) in [6, 6.07) is 7.88. The van der Waals surface area contributed by atoms with Crippen LogP contribution in [0.3, 0.4) is 0 Å². The molecule has 20 heavy (non-hydrogen) atoms. The minimum atomic E-state index is -0.553. The van der Waals surface area contributed by atoms with Crippen LogP contribution in [0.25, 0.3) is 0 Å². The van der Waals surface area contributed by atoms with Gasteiger partial charge in [-0.3, -0.25) is 0 Å². The maximum atomic E-state index is 10.1. The average Bonchev–Trinajstić information content (AvgIpc) is 3.13. The third kappa shape index (κ3) is 3.85. The summed E-state index contributed by atoms with van der Waals surface area (Å²) in [6.45, 7) is 0. The first-order chi connectivity index (χ1) is 9.70. The topological polar surface area (TPSA) is 58.0 Å². The van der Waals surface area contributed by atoms with Gasteiger partial charge in [-0.05, 0) is 30.5 Å². The van der Waals surface area contributed by atoms with E-state index in [9.17, 15) is 5.11 Å². The number of hydrogen-bond donors (Lipinski definition) is 2. The van der Waals surface area contributed by atoms with Crippen LogP contribution in [0.5, 0.6) is 0 Å². The van der Waals surface area contributed by atoms with Crippen molar-refractivity contribution in [2.75, 3.05) is 11.1 Å². The van der Waals surface area contributed by atoms with Crippen LogP contribution in [-0.4, -0.2) is 27.1 Å². The van der Waals surface area contributed by atoms with Gasteiger partial charge >= 0.3 is 0 Å². The number of anilines is 1. The van der Waals surface area contributed by atoms with Gasteiger partial charge in [0.15, 0.2) is 4.34 Å². The van der Waals surface area contributed by atoms with E-state index in [2.05, 4.69) is 15.5 Å². The maximum Gasteiger partial charge on any atom is 0.206 e. The van der Waals surface area contributed by atoms with Crippen LogP contribution in [0.4, 0.5) is 5.13 Å². The fraction of sp³-hybridized carbons (Fsp3) is 0.385. The zero-order valence-electron chi connectivity index (χ0n) is 10.6. The number of aliphatic hydroxyl groups is 1. The summed E-state index contributed by atoms with van der Waals surface area (Å²) in [6.07, 6.45) is 1.88. The van der Waals surface area contributed by atoms with Gasteiger partial charge in [0.25, 0.3) is 0 Å².